The quantitative estimate of drug-likeness (QED) is 0.0734. The Morgan fingerprint density at radius 3 is 0.671 bits per heavy atom. The van der Waals surface area contributed by atoms with Crippen LogP contribution in [-0.2, 0) is 17.8 Å². The lowest BCUT2D eigenvalue weighted by Gasteiger charge is -2.52. The molecule has 1 aliphatic heterocycles. The molecule has 76 heavy (non-hydrogen) atoms. The van der Waals surface area contributed by atoms with Crippen LogP contribution in [0.25, 0.3) is 12.2 Å². The van der Waals surface area contributed by atoms with Crippen molar-refractivity contribution in [2.24, 2.45) is 0 Å². The van der Waals surface area contributed by atoms with Crippen molar-refractivity contribution in [3.05, 3.63) is 367 Å². The van der Waals surface area contributed by atoms with E-state index >= 15 is 0 Å². The van der Waals surface area contributed by atoms with Gasteiger partial charge in [-0.15, -0.1) is 0 Å². The topological polar surface area (TPSA) is 27.7 Å². The smallest absolute Gasteiger partial charge is 0.390 e. The van der Waals surface area contributed by atoms with Crippen molar-refractivity contribution in [1.82, 2.24) is 0 Å². The lowest BCUT2D eigenvalue weighted by Crippen LogP contribution is -2.85. The van der Waals surface area contributed by atoms with E-state index < -0.39 is 25.7 Å². The summed E-state index contributed by atoms with van der Waals surface area (Å²) in [6.07, 6.45) is 4.24. The van der Waals surface area contributed by atoms with E-state index in [0.717, 1.165) is 25.9 Å². The standard InChI is InChI=1S/C31H28O3Si3.C25H20.C14H12/c1-35(27-17-7-2-8-18-27)32-36(28-19-9-3-10-20-28,29-21-11-4-12-22-29)34-37(33-35,30-23-13-5-14-24-30)31-25-15-6-16-26-31;1-5-13-21(14-6-1)25(22-15-7-2-8-16-22,23-17-9-3-10-18-23)24-19-11-4-12-20-24;1-3-7-13(8-4-1)11-12-14-9-5-2-6-10-14/h2-26H,1H3;1-20H;1-12H/b;;12-11+. The van der Waals surface area contributed by atoms with E-state index in [1.54, 1.807) is 0 Å². The van der Waals surface area contributed by atoms with Crippen molar-refractivity contribution in [2.75, 3.05) is 0 Å². The molecule has 0 spiro atoms. The van der Waals surface area contributed by atoms with Gasteiger partial charge in [-0.05, 0) is 65.9 Å². The summed E-state index contributed by atoms with van der Waals surface area (Å²) in [6, 6.07) is 116. The third kappa shape index (κ3) is 11.2. The fourth-order valence-corrected chi connectivity index (χ4v) is 26.5. The lowest BCUT2D eigenvalue weighted by molar-refractivity contribution is 0.263. The monoisotopic (exact) mass is 1030 g/mol. The zero-order valence-corrected chi connectivity index (χ0v) is 45.6. The molecule has 0 bridgehead atoms. The van der Waals surface area contributed by atoms with Crippen LogP contribution in [0.3, 0.4) is 0 Å². The van der Waals surface area contributed by atoms with Gasteiger partial charge in [0.2, 0.25) is 0 Å². The van der Waals surface area contributed by atoms with Crippen LogP contribution in [0.15, 0.2) is 334 Å². The fraction of sp³-hybridized carbons (Fsp3) is 0.0286. The molecule has 0 N–H and O–H groups in total. The second-order valence-corrected chi connectivity index (χ2v) is 28.4. The minimum absolute atomic E-state index is 0.328. The molecule has 0 unspecified atom stereocenters. The molecule has 0 saturated carbocycles. The third-order valence-electron chi connectivity index (χ3n) is 13.8. The number of hydrogen-bond acceptors (Lipinski definition) is 3. The molecule has 0 aliphatic carbocycles. The number of benzene rings is 11. The van der Waals surface area contributed by atoms with E-state index in [0.29, 0.717) is 0 Å². The van der Waals surface area contributed by atoms with Crippen molar-refractivity contribution in [2.45, 2.75) is 12.0 Å². The molecule has 12 rings (SSSR count). The third-order valence-corrected chi connectivity index (χ3v) is 27.2. The van der Waals surface area contributed by atoms with Gasteiger partial charge in [0.15, 0.2) is 0 Å². The van der Waals surface area contributed by atoms with E-state index in [9.17, 15) is 0 Å². The molecule has 1 saturated heterocycles. The summed E-state index contributed by atoms with van der Waals surface area (Å²) in [5.74, 6) is 0. The van der Waals surface area contributed by atoms with Crippen LogP contribution in [0.4, 0.5) is 0 Å². The largest absolute Gasteiger partial charge is 0.405 e. The highest BCUT2D eigenvalue weighted by molar-refractivity contribution is 7.13. The molecular weight excluding hydrogens is 973 g/mol. The molecule has 1 heterocycles. The Labute approximate surface area is 452 Å². The Bertz CT molecular complexity index is 3100. The van der Waals surface area contributed by atoms with E-state index in [-0.39, 0.29) is 5.41 Å². The average molecular weight is 1030 g/mol. The molecule has 0 amide bonds. The van der Waals surface area contributed by atoms with Gasteiger partial charge in [-0.3, -0.25) is 0 Å². The predicted octanol–water partition coefficient (Wildman–Crippen LogP) is 13.5. The Morgan fingerprint density at radius 1 is 0.237 bits per heavy atom. The van der Waals surface area contributed by atoms with Crippen LogP contribution in [0.2, 0.25) is 6.55 Å². The first kappa shape index (κ1) is 51.2. The molecule has 0 aromatic heterocycles. The van der Waals surface area contributed by atoms with Crippen molar-refractivity contribution < 1.29 is 12.3 Å². The van der Waals surface area contributed by atoms with Gasteiger partial charge in [-0.25, -0.2) is 0 Å². The molecule has 3 nitrogen and oxygen atoms in total. The van der Waals surface area contributed by atoms with Crippen LogP contribution in [-0.4, -0.2) is 25.7 Å². The average Bonchev–Trinajstić information content (AvgIpc) is 3.52. The highest BCUT2D eigenvalue weighted by atomic mass is 28.5. The highest BCUT2D eigenvalue weighted by Gasteiger charge is 2.65. The first-order valence-corrected chi connectivity index (χ1v) is 31.9. The number of rotatable bonds is 11. The normalized spacial score (nSPS) is 14.2. The molecule has 0 atom stereocenters. The summed E-state index contributed by atoms with van der Waals surface area (Å²) >= 11 is 0. The molecule has 1 fully saturated rings. The summed E-state index contributed by atoms with van der Waals surface area (Å²) in [4.78, 5) is 0. The van der Waals surface area contributed by atoms with Gasteiger partial charge in [0.05, 0.1) is 5.41 Å². The molecule has 0 radical (unpaired) electrons. The minimum Gasteiger partial charge on any atom is -0.405 e. The van der Waals surface area contributed by atoms with Gasteiger partial charge in [0.1, 0.15) is 0 Å². The van der Waals surface area contributed by atoms with Crippen LogP contribution < -0.4 is 25.9 Å². The highest BCUT2D eigenvalue weighted by Crippen LogP contribution is 2.45. The summed E-state index contributed by atoms with van der Waals surface area (Å²) < 4.78 is 22.4. The maximum atomic E-state index is 7.59. The van der Waals surface area contributed by atoms with Crippen LogP contribution in [0.5, 0.6) is 0 Å². The van der Waals surface area contributed by atoms with E-state index in [2.05, 4.69) is 286 Å². The second kappa shape index (κ2) is 24.4. The summed E-state index contributed by atoms with van der Waals surface area (Å²) in [7, 11) is -9.53. The van der Waals surface area contributed by atoms with Gasteiger partial charge in [-0.1, -0.05) is 346 Å². The van der Waals surface area contributed by atoms with Gasteiger partial charge < -0.3 is 12.3 Å². The van der Waals surface area contributed by atoms with Gasteiger partial charge in [-0.2, -0.15) is 0 Å². The lowest BCUT2D eigenvalue weighted by atomic mass is 9.65. The Kier molecular flexibility index (Phi) is 16.4. The molecule has 6 heteroatoms. The molecule has 11 aromatic rings. The molecular formula is C70H60O3Si3. The SMILES string of the molecule is C(=C\c1ccccc1)/c1ccccc1.C[Si]1(c2ccccc2)O[Si](c2ccccc2)(c2ccccc2)O[Si](c2ccccc2)(c2ccccc2)O1.c1ccc(C(c2ccccc2)(c2ccccc2)c2ccccc2)cc1. The Balaban J connectivity index is 0.000000144. The minimum atomic E-state index is -3.26. The van der Waals surface area contributed by atoms with E-state index in [1.807, 2.05) is 66.7 Å². The first-order valence-electron chi connectivity index (χ1n) is 25.9. The zero-order chi connectivity index (χ0) is 51.8. The molecule has 11 aromatic carbocycles. The zero-order valence-electron chi connectivity index (χ0n) is 42.6. The molecule has 1 aliphatic rings. The predicted molar refractivity (Wildman–Crippen MR) is 323 cm³/mol. The maximum Gasteiger partial charge on any atom is 0.390 e. The van der Waals surface area contributed by atoms with Gasteiger partial charge >= 0.3 is 25.7 Å². The van der Waals surface area contributed by atoms with Crippen LogP contribution in [0, 0.1) is 0 Å². The van der Waals surface area contributed by atoms with Gasteiger partial charge in [0.25, 0.3) is 0 Å². The van der Waals surface area contributed by atoms with Crippen LogP contribution >= 0.6 is 0 Å². The van der Waals surface area contributed by atoms with E-state index in [1.165, 1.54) is 33.4 Å². The van der Waals surface area contributed by atoms with Crippen molar-refractivity contribution >= 4 is 63.8 Å². The number of hydrogen-bond donors (Lipinski definition) is 0. The maximum absolute atomic E-state index is 7.59. The van der Waals surface area contributed by atoms with Crippen molar-refractivity contribution in [3.8, 4) is 0 Å². The van der Waals surface area contributed by atoms with Crippen molar-refractivity contribution in [1.29, 1.82) is 0 Å². The Hall–Kier alpha value is -8.31. The fourth-order valence-electron chi connectivity index (χ4n) is 10.2. The van der Waals surface area contributed by atoms with Crippen LogP contribution in [0.1, 0.15) is 33.4 Å². The van der Waals surface area contributed by atoms with E-state index in [4.69, 9.17) is 12.3 Å². The van der Waals surface area contributed by atoms with Crippen molar-refractivity contribution in [3.63, 3.8) is 0 Å². The van der Waals surface area contributed by atoms with Gasteiger partial charge in [0, 0.05) is 0 Å². The summed E-state index contributed by atoms with van der Waals surface area (Å²) in [6.45, 7) is 2.19. The Morgan fingerprint density at radius 2 is 0.434 bits per heavy atom. The summed E-state index contributed by atoms with van der Waals surface area (Å²) in [5, 5.41) is 5.45. The first-order chi connectivity index (χ1) is 37.5. The summed E-state index contributed by atoms with van der Waals surface area (Å²) in [5.41, 5.74) is 7.24. The molecule has 370 valence electrons. The second-order valence-electron chi connectivity index (χ2n) is 18.7.